The number of anilines is 1. The topological polar surface area (TPSA) is 24.9 Å². The summed E-state index contributed by atoms with van der Waals surface area (Å²) < 4.78 is 13.1. The van der Waals surface area contributed by atoms with E-state index in [-0.39, 0.29) is 5.82 Å². The molecular formula is C14H12ClFN2. The summed E-state index contributed by atoms with van der Waals surface area (Å²) in [5.74, 6) is 0.206. The SMILES string of the molecule is Fc1cccc([C@@H]2C[C@H]2Nc2ccnc(Cl)c2)c1. The maximum atomic E-state index is 13.1. The van der Waals surface area contributed by atoms with Gasteiger partial charge < -0.3 is 5.32 Å². The first kappa shape index (κ1) is 11.5. The Morgan fingerprint density at radius 3 is 2.94 bits per heavy atom. The van der Waals surface area contributed by atoms with E-state index in [1.165, 1.54) is 6.07 Å². The average molecular weight is 263 g/mol. The highest BCUT2D eigenvalue weighted by molar-refractivity contribution is 6.29. The van der Waals surface area contributed by atoms with Crippen LogP contribution in [0.25, 0.3) is 0 Å². The van der Waals surface area contributed by atoms with Crippen molar-refractivity contribution in [3.63, 3.8) is 0 Å². The largest absolute Gasteiger partial charge is 0.382 e. The van der Waals surface area contributed by atoms with Gasteiger partial charge in [0, 0.05) is 23.8 Å². The molecule has 0 amide bonds. The van der Waals surface area contributed by atoms with Crippen LogP contribution in [0.4, 0.5) is 10.1 Å². The molecule has 3 rings (SSSR count). The standard InChI is InChI=1S/C14H12ClFN2/c15-14-7-11(4-5-17-14)18-13-8-12(13)9-2-1-3-10(16)6-9/h1-7,12-13H,8H2,(H,17,18)/t12-,13+/m0/s1. The van der Waals surface area contributed by atoms with E-state index >= 15 is 0 Å². The lowest BCUT2D eigenvalue weighted by Crippen LogP contribution is -2.04. The third-order valence-electron chi connectivity index (χ3n) is 3.15. The molecule has 1 heterocycles. The number of aromatic nitrogens is 1. The van der Waals surface area contributed by atoms with E-state index < -0.39 is 0 Å². The van der Waals surface area contributed by atoms with Crippen molar-refractivity contribution in [3.05, 3.63) is 59.1 Å². The fourth-order valence-electron chi connectivity index (χ4n) is 2.17. The lowest BCUT2D eigenvalue weighted by atomic mass is 10.1. The quantitative estimate of drug-likeness (QED) is 0.850. The van der Waals surface area contributed by atoms with Crippen LogP contribution in [-0.2, 0) is 0 Å². The van der Waals surface area contributed by atoms with Gasteiger partial charge in [0.05, 0.1) is 0 Å². The Bertz CT molecular complexity index is 573. The summed E-state index contributed by atoms with van der Waals surface area (Å²) in [5.41, 5.74) is 2.01. The van der Waals surface area contributed by atoms with Gasteiger partial charge in [0.1, 0.15) is 11.0 Å². The highest BCUT2D eigenvalue weighted by atomic mass is 35.5. The molecule has 0 spiro atoms. The molecule has 1 aliphatic carbocycles. The molecule has 1 aromatic heterocycles. The predicted octanol–water partition coefficient (Wildman–Crippen LogP) is 3.84. The van der Waals surface area contributed by atoms with E-state index in [1.807, 2.05) is 12.1 Å². The molecule has 0 radical (unpaired) electrons. The molecule has 1 aliphatic rings. The molecule has 2 aromatic rings. The molecule has 4 heteroatoms. The summed E-state index contributed by atoms with van der Waals surface area (Å²) >= 11 is 5.82. The molecule has 18 heavy (non-hydrogen) atoms. The van der Waals surface area contributed by atoms with Gasteiger partial charge in [-0.25, -0.2) is 9.37 Å². The van der Waals surface area contributed by atoms with Crippen LogP contribution in [0.1, 0.15) is 17.9 Å². The van der Waals surface area contributed by atoms with Gasteiger partial charge in [0.25, 0.3) is 0 Å². The summed E-state index contributed by atoms with van der Waals surface area (Å²) in [6.45, 7) is 0. The minimum atomic E-state index is -0.176. The maximum Gasteiger partial charge on any atom is 0.131 e. The average Bonchev–Trinajstić information content (AvgIpc) is 3.08. The number of rotatable bonds is 3. The third-order valence-corrected chi connectivity index (χ3v) is 3.35. The molecule has 1 N–H and O–H groups in total. The Kier molecular flexibility index (Phi) is 2.92. The Morgan fingerprint density at radius 2 is 2.17 bits per heavy atom. The summed E-state index contributed by atoms with van der Waals surface area (Å²) in [6.07, 6.45) is 2.69. The van der Waals surface area contributed by atoms with Gasteiger partial charge in [-0.15, -0.1) is 0 Å². The van der Waals surface area contributed by atoms with Gasteiger partial charge in [-0.3, -0.25) is 0 Å². The number of halogens is 2. The first-order valence-electron chi connectivity index (χ1n) is 5.86. The molecule has 2 nitrogen and oxygen atoms in total. The number of hydrogen-bond donors (Lipinski definition) is 1. The van der Waals surface area contributed by atoms with Gasteiger partial charge in [0.2, 0.25) is 0 Å². The lowest BCUT2D eigenvalue weighted by Gasteiger charge is -2.06. The van der Waals surface area contributed by atoms with Crippen molar-refractivity contribution in [1.82, 2.24) is 4.98 Å². The predicted molar refractivity (Wildman–Crippen MR) is 70.4 cm³/mol. The first-order chi connectivity index (χ1) is 8.72. The molecule has 0 bridgehead atoms. The minimum absolute atomic E-state index is 0.176. The Labute approximate surface area is 110 Å². The Hall–Kier alpha value is -1.61. The fourth-order valence-corrected chi connectivity index (χ4v) is 2.34. The van der Waals surface area contributed by atoms with E-state index in [4.69, 9.17) is 11.6 Å². The Morgan fingerprint density at radius 1 is 1.28 bits per heavy atom. The van der Waals surface area contributed by atoms with Crippen molar-refractivity contribution >= 4 is 17.3 Å². The first-order valence-corrected chi connectivity index (χ1v) is 6.24. The third kappa shape index (κ3) is 2.46. The van der Waals surface area contributed by atoms with Crippen molar-refractivity contribution in [2.45, 2.75) is 18.4 Å². The van der Waals surface area contributed by atoms with Gasteiger partial charge in [0.15, 0.2) is 0 Å². The number of pyridine rings is 1. The van der Waals surface area contributed by atoms with E-state index in [9.17, 15) is 4.39 Å². The second-order valence-corrected chi connectivity index (χ2v) is 4.90. The smallest absolute Gasteiger partial charge is 0.131 e. The van der Waals surface area contributed by atoms with Crippen molar-refractivity contribution in [2.24, 2.45) is 0 Å². The number of benzene rings is 1. The van der Waals surface area contributed by atoms with Crippen LogP contribution in [0, 0.1) is 5.82 Å². The number of hydrogen-bond acceptors (Lipinski definition) is 2. The monoisotopic (exact) mass is 262 g/mol. The van der Waals surface area contributed by atoms with Crippen LogP contribution in [0.15, 0.2) is 42.6 Å². The molecule has 1 aromatic carbocycles. The van der Waals surface area contributed by atoms with Crippen molar-refractivity contribution < 1.29 is 4.39 Å². The van der Waals surface area contributed by atoms with Crippen molar-refractivity contribution in [1.29, 1.82) is 0 Å². The molecule has 1 saturated carbocycles. The maximum absolute atomic E-state index is 13.1. The molecule has 0 saturated heterocycles. The van der Waals surface area contributed by atoms with Crippen LogP contribution in [0.2, 0.25) is 5.15 Å². The highest BCUT2D eigenvalue weighted by Crippen LogP contribution is 2.42. The van der Waals surface area contributed by atoms with E-state index in [0.717, 1.165) is 17.7 Å². The fraction of sp³-hybridized carbons (Fsp3) is 0.214. The summed E-state index contributed by atoms with van der Waals surface area (Å²) in [5, 5.41) is 3.85. The van der Waals surface area contributed by atoms with E-state index in [2.05, 4.69) is 10.3 Å². The molecule has 1 fully saturated rings. The van der Waals surface area contributed by atoms with Crippen molar-refractivity contribution in [2.75, 3.05) is 5.32 Å². The highest BCUT2D eigenvalue weighted by Gasteiger charge is 2.38. The second-order valence-electron chi connectivity index (χ2n) is 4.52. The van der Waals surface area contributed by atoms with Crippen LogP contribution in [0.3, 0.4) is 0 Å². The summed E-state index contributed by atoms with van der Waals surface area (Å²) in [6, 6.07) is 10.8. The number of nitrogens with zero attached hydrogens (tertiary/aromatic N) is 1. The van der Waals surface area contributed by atoms with Gasteiger partial charge >= 0.3 is 0 Å². The Balaban J connectivity index is 1.68. The van der Waals surface area contributed by atoms with Crippen LogP contribution in [0.5, 0.6) is 0 Å². The van der Waals surface area contributed by atoms with E-state index in [1.54, 1.807) is 24.4 Å². The molecule has 0 aliphatic heterocycles. The van der Waals surface area contributed by atoms with Gasteiger partial charge in [-0.1, -0.05) is 23.7 Å². The molecule has 2 atom stereocenters. The van der Waals surface area contributed by atoms with Crippen LogP contribution in [-0.4, -0.2) is 11.0 Å². The minimum Gasteiger partial charge on any atom is -0.382 e. The van der Waals surface area contributed by atoms with Gasteiger partial charge in [-0.05, 0) is 36.2 Å². The zero-order chi connectivity index (χ0) is 12.5. The van der Waals surface area contributed by atoms with Crippen LogP contribution >= 0.6 is 11.6 Å². The van der Waals surface area contributed by atoms with E-state index in [0.29, 0.717) is 17.1 Å². The normalized spacial score (nSPS) is 21.7. The summed E-state index contributed by atoms with van der Waals surface area (Å²) in [4.78, 5) is 3.93. The van der Waals surface area contributed by atoms with Gasteiger partial charge in [-0.2, -0.15) is 0 Å². The lowest BCUT2D eigenvalue weighted by molar-refractivity contribution is 0.625. The second kappa shape index (κ2) is 4.58. The number of nitrogens with one attached hydrogen (secondary N) is 1. The molecular weight excluding hydrogens is 251 g/mol. The summed E-state index contributed by atoms with van der Waals surface area (Å²) in [7, 11) is 0. The van der Waals surface area contributed by atoms with Crippen molar-refractivity contribution in [3.8, 4) is 0 Å². The van der Waals surface area contributed by atoms with Crippen LogP contribution < -0.4 is 5.32 Å². The zero-order valence-electron chi connectivity index (χ0n) is 9.61. The molecule has 0 unspecified atom stereocenters. The zero-order valence-corrected chi connectivity index (χ0v) is 10.4. The molecule has 92 valence electrons.